The van der Waals surface area contributed by atoms with Crippen LogP contribution in [0.25, 0.3) is 0 Å². The molecule has 2 N–H and O–H groups in total. The van der Waals surface area contributed by atoms with E-state index in [-0.39, 0.29) is 24.2 Å². The van der Waals surface area contributed by atoms with Crippen LogP contribution in [0.15, 0.2) is 24.3 Å². The molecule has 0 saturated heterocycles. The number of nitrogens with zero attached hydrogens (tertiary/aromatic N) is 1. The molecule has 0 radical (unpaired) electrons. The third-order valence-corrected chi connectivity index (χ3v) is 5.45. The van der Waals surface area contributed by atoms with Gasteiger partial charge in [-0.05, 0) is 44.9 Å². The summed E-state index contributed by atoms with van der Waals surface area (Å²) in [6.45, 7) is 3.33. The van der Waals surface area contributed by atoms with Crippen LogP contribution in [0.3, 0.4) is 0 Å². The predicted octanol–water partition coefficient (Wildman–Crippen LogP) is 3.35. The number of hydrogen-bond acceptors (Lipinski definition) is 4. The number of hydrogen-bond donors (Lipinski definition) is 2. The highest BCUT2D eigenvalue weighted by Gasteiger charge is 2.26. The summed E-state index contributed by atoms with van der Waals surface area (Å²) in [6.07, 6.45) is 23.2. The summed E-state index contributed by atoms with van der Waals surface area (Å²) in [7, 11) is 0. The highest BCUT2D eigenvalue weighted by Crippen LogP contribution is 2.13. The molecular weight excluding hydrogens is 366 g/mol. The number of aliphatic hydroxyl groups is 2. The van der Waals surface area contributed by atoms with Crippen LogP contribution in [0, 0.1) is 0 Å². The second-order valence-electron chi connectivity index (χ2n) is 8.07. The normalized spacial score (nSPS) is 12.4. The van der Waals surface area contributed by atoms with Gasteiger partial charge in [0.15, 0.2) is 0 Å². The van der Waals surface area contributed by atoms with Crippen LogP contribution in [-0.2, 0) is 4.79 Å². The summed E-state index contributed by atoms with van der Waals surface area (Å²) in [5.41, 5.74) is 0. The summed E-state index contributed by atoms with van der Waals surface area (Å²) < 4.78 is 0.215. The number of quaternary nitrogens is 1. The third kappa shape index (κ3) is 17.4. The number of aliphatic carboxylic acids is 1. The Morgan fingerprint density at radius 1 is 0.759 bits per heavy atom. The number of aliphatic hydroxyl groups excluding tert-OH is 2. The SMILES string of the molecule is CCCCC/C=C\C/C=C\CCCCCCCC[N+](CCO)(CCO)CC(=O)[O-]. The van der Waals surface area contributed by atoms with E-state index in [0.717, 1.165) is 32.1 Å². The molecule has 0 atom stereocenters. The van der Waals surface area contributed by atoms with E-state index in [2.05, 4.69) is 31.2 Å². The van der Waals surface area contributed by atoms with E-state index >= 15 is 0 Å². The van der Waals surface area contributed by atoms with Crippen molar-refractivity contribution in [1.82, 2.24) is 0 Å². The lowest BCUT2D eigenvalue weighted by atomic mass is 10.1. The Hall–Kier alpha value is -1.17. The highest BCUT2D eigenvalue weighted by molar-refractivity contribution is 5.65. The molecule has 0 aromatic rings. The van der Waals surface area contributed by atoms with E-state index in [1.807, 2.05) is 0 Å². The monoisotopic (exact) mass is 411 g/mol. The van der Waals surface area contributed by atoms with Gasteiger partial charge in [-0.25, -0.2) is 0 Å². The minimum absolute atomic E-state index is 0.0740. The summed E-state index contributed by atoms with van der Waals surface area (Å²) in [5.74, 6) is -1.12. The van der Waals surface area contributed by atoms with Crippen molar-refractivity contribution in [3.8, 4) is 0 Å². The van der Waals surface area contributed by atoms with Gasteiger partial charge in [0.2, 0.25) is 0 Å². The largest absolute Gasteiger partial charge is 0.544 e. The number of carbonyl (C=O) groups is 1. The fourth-order valence-electron chi connectivity index (χ4n) is 3.71. The van der Waals surface area contributed by atoms with Crippen LogP contribution in [0.1, 0.15) is 84.0 Å². The van der Waals surface area contributed by atoms with Crippen LogP contribution in [0.5, 0.6) is 0 Å². The van der Waals surface area contributed by atoms with E-state index in [1.165, 1.54) is 44.9 Å². The Balaban J connectivity index is 3.74. The van der Waals surface area contributed by atoms with Gasteiger partial charge in [0.25, 0.3) is 0 Å². The summed E-state index contributed by atoms with van der Waals surface area (Å²) in [5, 5.41) is 29.6. The van der Waals surface area contributed by atoms with E-state index in [0.29, 0.717) is 19.6 Å². The van der Waals surface area contributed by atoms with E-state index in [4.69, 9.17) is 0 Å². The molecule has 0 aliphatic carbocycles. The van der Waals surface area contributed by atoms with Crippen molar-refractivity contribution in [2.75, 3.05) is 39.4 Å². The van der Waals surface area contributed by atoms with Crippen molar-refractivity contribution in [2.24, 2.45) is 0 Å². The van der Waals surface area contributed by atoms with Crippen molar-refractivity contribution in [3.05, 3.63) is 24.3 Å². The Morgan fingerprint density at radius 2 is 1.28 bits per heavy atom. The molecule has 0 rings (SSSR count). The molecule has 0 bridgehead atoms. The van der Waals surface area contributed by atoms with Gasteiger partial charge in [-0.2, -0.15) is 0 Å². The first-order chi connectivity index (χ1) is 14.1. The van der Waals surface area contributed by atoms with Crippen LogP contribution < -0.4 is 5.11 Å². The van der Waals surface area contributed by atoms with Gasteiger partial charge in [-0.3, -0.25) is 0 Å². The zero-order valence-electron chi connectivity index (χ0n) is 18.7. The lowest BCUT2D eigenvalue weighted by Gasteiger charge is -2.38. The zero-order valence-corrected chi connectivity index (χ0v) is 18.7. The number of carbonyl (C=O) groups excluding carboxylic acids is 1. The molecule has 5 heteroatoms. The Kier molecular flexibility index (Phi) is 19.3. The number of carboxylic acid groups (broad SMARTS) is 1. The number of rotatable bonds is 21. The lowest BCUT2D eigenvalue weighted by Crippen LogP contribution is -2.57. The maximum atomic E-state index is 11.0. The zero-order chi connectivity index (χ0) is 21.6. The van der Waals surface area contributed by atoms with E-state index < -0.39 is 5.97 Å². The number of unbranched alkanes of at least 4 members (excludes halogenated alkanes) is 9. The van der Waals surface area contributed by atoms with Crippen molar-refractivity contribution in [2.45, 2.75) is 84.0 Å². The molecule has 0 aliphatic heterocycles. The smallest absolute Gasteiger partial charge is 0.119 e. The quantitative estimate of drug-likeness (QED) is 0.172. The molecule has 0 aliphatic rings. The second kappa shape index (κ2) is 20.1. The first-order valence-electron chi connectivity index (χ1n) is 11.7. The molecule has 0 spiro atoms. The molecule has 170 valence electrons. The van der Waals surface area contributed by atoms with Crippen molar-refractivity contribution in [3.63, 3.8) is 0 Å². The highest BCUT2D eigenvalue weighted by atomic mass is 16.4. The summed E-state index contributed by atoms with van der Waals surface area (Å²) >= 11 is 0. The first-order valence-corrected chi connectivity index (χ1v) is 11.7. The van der Waals surface area contributed by atoms with Crippen molar-refractivity contribution in [1.29, 1.82) is 0 Å². The molecule has 0 fully saturated rings. The van der Waals surface area contributed by atoms with Gasteiger partial charge in [-0.15, -0.1) is 0 Å². The maximum Gasteiger partial charge on any atom is 0.119 e. The van der Waals surface area contributed by atoms with Gasteiger partial charge in [-0.1, -0.05) is 63.3 Å². The molecule has 0 saturated carbocycles. The first kappa shape index (κ1) is 27.8. The van der Waals surface area contributed by atoms with E-state index in [9.17, 15) is 20.1 Å². The molecular formula is C24H45NO4. The lowest BCUT2D eigenvalue weighted by molar-refractivity contribution is -0.923. The van der Waals surface area contributed by atoms with Gasteiger partial charge >= 0.3 is 0 Å². The summed E-state index contributed by atoms with van der Waals surface area (Å²) in [6, 6.07) is 0. The fraction of sp³-hybridized carbons (Fsp3) is 0.792. The molecule has 0 unspecified atom stereocenters. The average Bonchev–Trinajstić information content (AvgIpc) is 2.67. The van der Waals surface area contributed by atoms with E-state index in [1.54, 1.807) is 0 Å². The van der Waals surface area contributed by atoms with Gasteiger partial charge in [0.1, 0.15) is 19.6 Å². The Bertz CT molecular complexity index is 429. The third-order valence-electron chi connectivity index (χ3n) is 5.45. The predicted molar refractivity (Wildman–Crippen MR) is 118 cm³/mol. The molecule has 0 amide bonds. The second-order valence-corrected chi connectivity index (χ2v) is 8.07. The van der Waals surface area contributed by atoms with Gasteiger partial charge in [0.05, 0.1) is 25.7 Å². The Labute approximate surface area is 178 Å². The molecule has 29 heavy (non-hydrogen) atoms. The molecule has 0 aromatic carbocycles. The fourth-order valence-corrected chi connectivity index (χ4v) is 3.71. The van der Waals surface area contributed by atoms with Gasteiger partial charge in [0, 0.05) is 0 Å². The number of carboxylic acids is 1. The molecule has 0 heterocycles. The van der Waals surface area contributed by atoms with Crippen molar-refractivity contribution < 1.29 is 24.6 Å². The average molecular weight is 412 g/mol. The summed E-state index contributed by atoms with van der Waals surface area (Å²) in [4.78, 5) is 11.0. The van der Waals surface area contributed by atoms with Crippen LogP contribution >= 0.6 is 0 Å². The molecule has 5 nitrogen and oxygen atoms in total. The van der Waals surface area contributed by atoms with Crippen LogP contribution in [0.2, 0.25) is 0 Å². The standard InChI is InChI=1S/C24H45NO4/c1-2-3-4-5-6-7-8-9-10-11-12-13-14-15-16-17-18-25(19-21-26,20-22-27)23-24(28)29/h6-7,9-10,26-27H,2-5,8,11-23H2,1H3/b7-6-,10-9-. The minimum atomic E-state index is -1.12. The topological polar surface area (TPSA) is 80.6 Å². The Morgan fingerprint density at radius 3 is 1.79 bits per heavy atom. The number of allylic oxidation sites excluding steroid dienone is 4. The van der Waals surface area contributed by atoms with Crippen LogP contribution in [0.4, 0.5) is 0 Å². The minimum Gasteiger partial charge on any atom is -0.544 e. The van der Waals surface area contributed by atoms with Crippen molar-refractivity contribution >= 4 is 5.97 Å². The van der Waals surface area contributed by atoms with Crippen LogP contribution in [-0.4, -0.2) is 60.1 Å². The van der Waals surface area contributed by atoms with Gasteiger partial charge < -0.3 is 24.6 Å². The molecule has 0 aromatic heterocycles. The maximum absolute atomic E-state index is 11.0.